The van der Waals surface area contributed by atoms with Gasteiger partial charge in [0.15, 0.2) is 11.5 Å². The van der Waals surface area contributed by atoms with Crippen molar-refractivity contribution >= 4 is 15.9 Å². The van der Waals surface area contributed by atoms with Gasteiger partial charge in [0.2, 0.25) is 5.82 Å². The highest BCUT2D eigenvalue weighted by atomic mass is 79.9. The smallest absolute Gasteiger partial charge is 0.207 e. The quantitative estimate of drug-likeness (QED) is 0.843. The Kier molecular flexibility index (Phi) is 4.20. The van der Waals surface area contributed by atoms with Crippen LogP contribution < -0.4 is 9.47 Å². The molecule has 0 N–H and O–H groups in total. The van der Waals surface area contributed by atoms with Crippen molar-refractivity contribution in [3.63, 3.8) is 0 Å². The number of rotatable bonds is 4. The van der Waals surface area contributed by atoms with E-state index < -0.39 is 5.82 Å². The van der Waals surface area contributed by atoms with E-state index >= 15 is 0 Å². The summed E-state index contributed by atoms with van der Waals surface area (Å²) in [6, 6.07) is 12.8. The summed E-state index contributed by atoms with van der Waals surface area (Å²) in [5, 5.41) is 0. The van der Waals surface area contributed by atoms with E-state index in [0.717, 1.165) is 5.56 Å². The SMILES string of the molecule is COc1ccc(Br)c(OCc2ccccc2)c1F. The van der Waals surface area contributed by atoms with Crippen LogP contribution in [0.1, 0.15) is 5.56 Å². The Morgan fingerprint density at radius 3 is 2.50 bits per heavy atom. The van der Waals surface area contributed by atoms with E-state index in [9.17, 15) is 4.39 Å². The van der Waals surface area contributed by atoms with Crippen molar-refractivity contribution in [3.8, 4) is 11.5 Å². The molecule has 94 valence electrons. The Morgan fingerprint density at radius 2 is 1.83 bits per heavy atom. The van der Waals surface area contributed by atoms with Crippen molar-refractivity contribution in [2.75, 3.05) is 7.11 Å². The van der Waals surface area contributed by atoms with Crippen molar-refractivity contribution in [2.24, 2.45) is 0 Å². The molecule has 0 radical (unpaired) electrons. The third kappa shape index (κ3) is 2.82. The van der Waals surface area contributed by atoms with Crippen LogP contribution in [0.3, 0.4) is 0 Å². The van der Waals surface area contributed by atoms with Gasteiger partial charge in [-0.2, -0.15) is 4.39 Å². The molecule has 2 aromatic rings. The third-order valence-corrected chi connectivity index (χ3v) is 3.08. The third-order valence-electron chi connectivity index (χ3n) is 2.46. The van der Waals surface area contributed by atoms with Crippen LogP contribution in [0.5, 0.6) is 11.5 Å². The van der Waals surface area contributed by atoms with Gasteiger partial charge in [-0.25, -0.2) is 0 Å². The molecule has 0 aliphatic heterocycles. The highest BCUT2D eigenvalue weighted by Gasteiger charge is 2.14. The number of methoxy groups -OCH3 is 1. The van der Waals surface area contributed by atoms with Gasteiger partial charge in [0, 0.05) is 0 Å². The fourth-order valence-electron chi connectivity index (χ4n) is 1.53. The lowest BCUT2D eigenvalue weighted by Gasteiger charge is -2.11. The van der Waals surface area contributed by atoms with E-state index in [2.05, 4.69) is 15.9 Å². The van der Waals surface area contributed by atoms with Gasteiger partial charge < -0.3 is 9.47 Å². The molecule has 0 aromatic heterocycles. The van der Waals surface area contributed by atoms with Crippen LogP contribution in [0.2, 0.25) is 0 Å². The number of hydrogen-bond acceptors (Lipinski definition) is 2. The second kappa shape index (κ2) is 5.87. The average Bonchev–Trinajstić information content (AvgIpc) is 2.40. The summed E-state index contributed by atoms with van der Waals surface area (Å²) in [5.74, 6) is -0.165. The summed E-state index contributed by atoms with van der Waals surface area (Å²) in [7, 11) is 1.42. The van der Waals surface area contributed by atoms with Gasteiger partial charge in [-0.05, 0) is 33.6 Å². The Bertz CT molecular complexity index is 529. The summed E-state index contributed by atoms with van der Waals surface area (Å²) < 4.78 is 24.9. The normalized spacial score (nSPS) is 10.2. The van der Waals surface area contributed by atoms with Gasteiger partial charge in [-0.15, -0.1) is 0 Å². The topological polar surface area (TPSA) is 18.5 Å². The first kappa shape index (κ1) is 12.9. The molecule has 0 aliphatic carbocycles. The van der Waals surface area contributed by atoms with E-state index in [0.29, 0.717) is 11.1 Å². The molecule has 0 saturated heterocycles. The molecule has 0 amide bonds. The lowest BCUT2D eigenvalue weighted by molar-refractivity contribution is 0.280. The number of benzene rings is 2. The standard InChI is InChI=1S/C14H12BrFO2/c1-17-12-8-7-11(15)14(13(12)16)18-9-10-5-3-2-4-6-10/h2-8H,9H2,1H3. The lowest BCUT2D eigenvalue weighted by atomic mass is 10.2. The van der Waals surface area contributed by atoms with Gasteiger partial charge in [-0.1, -0.05) is 30.3 Å². The van der Waals surface area contributed by atoms with Crippen LogP contribution in [-0.2, 0) is 6.61 Å². The van der Waals surface area contributed by atoms with Crippen molar-refractivity contribution in [2.45, 2.75) is 6.61 Å². The zero-order valence-corrected chi connectivity index (χ0v) is 11.4. The van der Waals surface area contributed by atoms with Crippen molar-refractivity contribution in [1.29, 1.82) is 0 Å². The molecule has 4 heteroatoms. The van der Waals surface area contributed by atoms with Gasteiger partial charge in [0.1, 0.15) is 6.61 Å². The molecule has 18 heavy (non-hydrogen) atoms. The summed E-state index contributed by atoms with van der Waals surface area (Å²) in [6.07, 6.45) is 0. The molecule has 0 atom stereocenters. The van der Waals surface area contributed by atoms with E-state index in [1.807, 2.05) is 30.3 Å². The zero-order chi connectivity index (χ0) is 13.0. The van der Waals surface area contributed by atoms with Gasteiger partial charge in [-0.3, -0.25) is 0 Å². The Labute approximate surface area is 113 Å². The lowest BCUT2D eigenvalue weighted by Crippen LogP contribution is -1.99. The molecule has 2 aromatic carbocycles. The molecule has 0 saturated carbocycles. The molecular formula is C14H12BrFO2. The van der Waals surface area contributed by atoms with E-state index in [-0.39, 0.29) is 11.5 Å². The second-order valence-corrected chi connectivity index (χ2v) is 4.52. The minimum absolute atomic E-state index is 0.165. The summed E-state index contributed by atoms with van der Waals surface area (Å²) in [4.78, 5) is 0. The monoisotopic (exact) mass is 310 g/mol. The highest BCUT2D eigenvalue weighted by Crippen LogP contribution is 2.34. The van der Waals surface area contributed by atoms with Gasteiger partial charge in [0.05, 0.1) is 11.6 Å². The zero-order valence-electron chi connectivity index (χ0n) is 9.82. The van der Waals surface area contributed by atoms with Crippen LogP contribution in [0.15, 0.2) is 46.9 Å². The molecule has 0 aliphatic rings. The van der Waals surface area contributed by atoms with Crippen LogP contribution in [-0.4, -0.2) is 7.11 Å². The Morgan fingerprint density at radius 1 is 1.11 bits per heavy atom. The van der Waals surface area contributed by atoms with Crippen LogP contribution in [0.4, 0.5) is 4.39 Å². The highest BCUT2D eigenvalue weighted by molar-refractivity contribution is 9.10. The predicted octanol–water partition coefficient (Wildman–Crippen LogP) is 4.18. The van der Waals surface area contributed by atoms with E-state index in [1.54, 1.807) is 12.1 Å². The predicted molar refractivity (Wildman–Crippen MR) is 71.4 cm³/mol. The van der Waals surface area contributed by atoms with Crippen molar-refractivity contribution < 1.29 is 13.9 Å². The number of halogens is 2. The molecule has 2 nitrogen and oxygen atoms in total. The fourth-order valence-corrected chi connectivity index (χ4v) is 1.95. The Hall–Kier alpha value is -1.55. The van der Waals surface area contributed by atoms with Crippen LogP contribution >= 0.6 is 15.9 Å². The first-order valence-corrected chi connectivity index (χ1v) is 6.20. The first-order valence-electron chi connectivity index (χ1n) is 5.41. The number of hydrogen-bond donors (Lipinski definition) is 0. The van der Waals surface area contributed by atoms with E-state index in [1.165, 1.54) is 7.11 Å². The minimum atomic E-state index is -0.497. The fraction of sp³-hybridized carbons (Fsp3) is 0.143. The van der Waals surface area contributed by atoms with Crippen molar-refractivity contribution in [1.82, 2.24) is 0 Å². The molecule has 0 unspecified atom stereocenters. The maximum atomic E-state index is 14.0. The summed E-state index contributed by atoms with van der Waals surface area (Å²) in [6.45, 7) is 0.309. The van der Waals surface area contributed by atoms with Crippen LogP contribution in [0.25, 0.3) is 0 Å². The minimum Gasteiger partial charge on any atom is -0.494 e. The summed E-state index contributed by atoms with van der Waals surface area (Å²) >= 11 is 3.26. The molecular weight excluding hydrogens is 299 g/mol. The molecule has 0 fully saturated rings. The Balaban J connectivity index is 2.19. The molecule has 0 bridgehead atoms. The number of ether oxygens (including phenoxy) is 2. The first-order chi connectivity index (χ1) is 8.72. The maximum absolute atomic E-state index is 14.0. The molecule has 0 spiro atoms. The van der Waals surface area contributed by atoms with E-state index in [4.69, 9.17) is 9.47 Å². The maximum Gasteiger partial charge on any atom is 0.207 e. The van der Waals surface area contributed by atoms with Gasteiger partial charge in [0.25, 0.3) is 0 Å². The largest absolute Gasteiger partial charge is 0.494 e. The average molecular weight is 311 g/mol. The van der Waals surface area contributed by atoms with Gasteiger partial charge >= 0.3 is 0 Å². The molecule has 2 rings (SSSR count). The summed E-state index contributed by atoms with van der Waals surface area (Å²) in [5.41, 5.74) is 0.978. The molecule has 0 heterocycles. The van der Waals surface area contributed by atoms with Crippen molar-refractivity contribution in [3.05, 3.63) is 58.3 Å². The second-order valence-electron chi connectivity index (χ2n) is 3.67. The van der Waals surface area contributed by atoms with Crippen LogP contribution in [0, 0.1) is 5.82 Å².